The average molecular weight is 280 g/mol. The van der Waals surface area contributed by atoms with E-state index in [2.05, 4.69) is 0 Å². The first-order valence-corrected chi connectivity index (χ1v) is 7.10. The van der Waals surface area contributed by atoms with Crippen LogP contribution in [0, 0.1) is 0 Å². The Kier molecular flexibility index (Phi) is 9.09. The van der Waals surface area contributed by atoms with Crippen molar-refractivity contribution in [2.45, 2.75) is 41.0 Å². The third kappa shape index (κ3) is 5.43. The van der Waals surface area contributed by atoms with Gasteiger partial charge in [0.1, 0.15) is 0 Å². The smallest absolute Gasteiger partial charge is 0.338 e. The fourth-order valence-electron chi connectivity index (χ4n) is 1.56. The van der Waals surface area contributed by atoms with Crippen molar-refractivity contribution >= 4 is 11.9 Å². The minimum absolute atomic E-state index is 0.309. The summed E-state index contributed by atoms with van der Waals surface area (Å²) in [4.78, 5) is 23.3. The highest BCUT2D eigenvalue weighted by atomic mass is 16.5. The van der Waals surface area contributed by atoms with E-state index >= 15 is 0 Å². The fraction of sp³-hybridized carbons (Fsp3) is 0.500. The fourth-order valence-corrected chi connectivity index (χ4v) is 1.56. The summed E-state index contributed by atoms with van der Waals surface area (Å²) >= 11 is 0. The van der Waals surface area contributed by atoms with Crippen molar-refractivity contribution in [3.05, 3.63) is 34.9 Å². The molecule has 1 aromatic carbocycles. The maximum Gasteiger partial charge on any atom is 0.338 e. The molecular weight excluding hydrogens is 256 g/mol. The Morgan fingerprint density at radius 2 is 1.25 bits per heavy atom. The lowest BCUT2D eigenvalue weighted by Gasteiger charge is -2.08. The molecule has 0 bridgehead atoms. The van der Waals surface area contributed by atoms with E-state index in [4.69, 9.17) is 9.47 Å². The molecule has 0 amide bonds. The van der Waals surface area contributed by atoms with Gasteiger partial charge in [0.05, 0.1) is 24.3 Å². The average Bonchev–Trinajstić information content (AvgIpc) is 2.49. The van der Waals surface area contributed by atoms with E-state index in [1.54, 1.807) is 26.0 Å². The van der Waals surface area contributed by atoms with E-state index in [9.17, 15) is 9.59 Å². The Hall–Kier alpha value is -1.84. The molecule has 1 rings (SSSR count). The normalized spacial score (nSPS) is 9.25. The molecule has 0 aliphatic heterocycles. The molecule has 0 aliphatic rings. The molecule has 4 heteroatoms. The van der Waals surface area contributed by atoms with E-state index in [-0.39, 0.29) is 0 Å². The van der Waals surface area contributed by atoms with E-state index in [1.165, 1.54) is 6.07 Å². The van der Waals surface area contributed by atoms with E-state index in [0.717, 1.165) is 12.0 Å². The van der Waals surface area contributed by atoms with Crippen molar-refractivity contribution in [2.24, 2.45) is 0 Å². The molecule has 0 aromatic heterocycles. The maximum absolute atomic E-state index is 11.7. The van der Waals surface area contributed by atoms with E-state index in [0.29, 0.717) is 24.3 Å². The molecule has 0 N–H and O–H groups in total. The highest BCUT2D eigenvalue weighted by molar-refractivity contribution is 5.95. The number of carbonyl (C=O) groups excluding carboxylic acids is 2. The van der Waals surface area contributed by atoms with Crippen molar-refractivity contribution in [3.63, 3.8) is 0 Å². The molecule has 0 unspecified atom stereocenters. The first-order valence-electron chi connectivity index (χ1n) is 7.10. The summed E-state index contributed by atoms with van der Waals surface area (Å²) in [5, 5.41) is 0. The number of benzene rings is 1. The lowest BCUT2D eigenvalue weighted by Crippen LogP contribution is -2.10. The monoisotopic (exact) mass is 280 g/mol. The number of carbonyl (C=O) groups is 2. The van der Waals surface area contributed by atoms with Crippen LogP contribution in [-0.2, 0) is 15.9 Å². The molecule has 1 aromatic rings. The zero-order valence-electron chi connectivity index (χ0n) is 13.0. The van der Waals surface area contributed by atoms with Gasteiger partial charge >= 0.3 is 11.9 Å². The maximum atomic E-state index is 11.7. The van der Waals surface area contributed by atoms with E-state index in [1.807, 2.05) is 20.8 Å². The largest absolute Gasteiger partial charge is 0.462 e. The van der Waals surface area contributed by atoms with Gasteiger partial charge in [-0.05, 0) is 44.0 Å². The van der Waals surface area contributed by atoms with Crippen molar-refractivity contribution in [3.8, 4) is 0 Å². The first-order chi connectivity index (χ1) is 9.62. The molecule has 0 atom stereocenters. The van der Waals surface area contributed by atoms with Crippen LogP contribution in [0.4, 0.5) is 0 Å². The highest BCUT2D eigenvalue weighted by Gasteiger charge is 2.13. The number of ether oxygens (including phenoxy) is 2. The van der Waals surface area contributed by atoms with Gasteiger partial charge in [-0.1, -0.05) is 20.8 Å². The Morgan fingerprint density at radius 1 is 0.850 bits per heavy atom. The number of aryl methyl sites for hydroxylation is 1. The number of rotatable bonds is 5. The number of hydrogen-bond donors (Lipinski definition) is 0. The predicted octanol–water partition coefficient (Wildman–Crippen LogP) is 3.63. The molecule has 4 nitrogen and oxygen atoms in total. The van der Waals surface area contributed by atoms with Crippen LogP contribution in [0.3, 0.4) is 0 Å². The Morgan fingerprint density at radius 3 is 1.55 bits per heavy atom. The van der Waals surface area contributed by atoms with Gasteiger partial charge in [0.25, 0.3) is 0 Å². The van der Waals surface area contributed by atoms with Crippen LogP contribution in [0.1, 0.15) is 60.9 Å². The summed E-state index contributed by atoms with van der Waals surface area (Å²) in [6.07, 6.45) is 0.736. The number of hydrogen-bond acceptors (Lipinski definition) is 4. The summed E-state index contributed by atoms with van der Waals surface area (Å²) in [5.41, 5.74) is 1.68. The molecule has 112 valence electrons. The van der Waals surface area contributed by atoms with Crippen molar-refractivity contribution in [2.75, 3.05) is 13.2 Å². The van der Waals surface area contributed by atoms with Gasteiger partial charge in [0, 0.05) is 0 Å². The second-order valence-electron chi connectivity index (χ2n) is 3.71. The summed E-state index contributed by atoms with van der Waals surface area (Å²) in [7, 11) is 0. The Bertz CT molecular complexity index is 402. The van der Waals surface area contributed by atoms with Crippen molar-refractivity contribution in [1.82, 2.24) is 0 Å². The number of esters is 2. The minimum Gasteiger partial charge on any atom is -0.462 e. The zero-order chi connectivity index (χ0) is 15.5. The lowest BCUT2D eigenvalue weighted by molar-refractivity contribution is 0.0525. The highest BCUT2D eigenvalue weighted by Crippen LogP contribution is 2.13. The molecule has 0 fully saturated rings. The second kappa shape index (κ2) is 10.0. The summed E-state index contributed by atoms with van der Waals surface area (Å²) in [6.45, 7) is 10.1. The molecule has 0 heterocycles. The Labute approximate surface area is 121 Å². The van der Waals surface area contributed by atoms with Gasteiger partial charge in [0.15, 0.2) is 0 Å². The third-order valence-corrected chi connectivity index (χ3v) is 2.42. The SMILES string of the molecule is CC.CCOC(=O)c1cc(CC)cc(C(=O)OCC)c1. The van der Waals surface area contributed by atoms with Crippen molar-refractivity contribution < 1.29 is 19.1 Å². The lowest BCUT2D eigenvalue weighted by atomic mass is 10.0. The van der Waals surface area contributed by atoms with Crippen molar-refractivity contribution in [1.29, 1.82) is 0 Å². The van der Waals surface area contributed by atoms with Gasteiger partial charge in [-0.2, -0.15) is 0 Å². The molecule has 20 heavy (non-hydrogen) atoms. The van der Waals surface area contributed by atoms with Gasteiger partial charge in [-0.15, -0.1) is 0 Å². The molecular formula is C16H24O4. The van der Waals surface area contributed by atoms with Crippen LogP contribution in [-0.4, -0.2) is 25.2 Å². The molecule has 0 radical (unpaired) electrons. The summed E-state index contributed by atoms with van der Waals surface area (Å²) in [6, 6.07) is 4.98. The first kappa shape index (κ1) is 18.2. The van der Waals surface area contributed by atoms with Crippen LogP contribution in [0.15, 0.2) is 18.2 Å². The second-order valence-corrected chi connectivity index (χ2v) is 3.71. The van der Waals surface area contributed by atoms with Gasteiger partial charge in [0.2, 0.25) is 0 Å². The zero-order valence-corrected chi connectivity index (χ0v) is 13.0. The molecule has 0 spiro atoms. The molecule has 0 saturated heterocycles. The quantitative estimate of drug-likeness (QED) is 0.773. The topological polar surface area (TPSA) is 52.6 Å². The predicted molar refractivity (Wildman–Crippen MR) is 79.1 cm³/mol. The van der Waals surface area contributed by atoms with Crippen LogP contribution in [0.5, 0.6) is 0 Å². The summed E-state index contributed by atoms with van der Waals surface area (Å²) in [5.74, 6) is -0.836. The van der Waals surface area contributed by atoms with Crippen LogP contribution >= 0.6 is 0 Å². The van der Waals surface area contributed by atoms with Crippen LogP contribution < -0.4 is 0 Å². The van der Waals surface area contributed by atoms with Crippen LogP contribution in [0.2, 0.25) is 0 Å². The summed E-state index contributed by atoms with van der Waals surface area (Å²) < 4.78 is 9.86. The molecule has 0 saturated carbocycles. The third-order valence-electron chi connectivity index (χ3n) is 2.42. The minimum atomic E-state index is -0.418. The van der Waals surface area contributed by atoms with Crippen LogP contribution in [0.25, 0.3) is 0 Å². The molecule has 0 aliphatic carbocycles. The van der Waals surface area contributed by atoms with Gasteiger partial charge in [-0.3, -0.25) is 0 Å². The van der Waals surface area contributed by atoms with E-state index < -0.39 is 11.9 Å². The van der Waals surface area contributed by atoms with Gasteiger partial charge in [-0.25, -0.2) is 9.59 Å². The standard InChI is InChI=1S/C14H18O4.C2H6/c1-4-10-7-11(13(15)17-5-2)9-12(8-10)14(16)18-6-3;1-2/h7-9H,4-6H2,1-3H3;1-2H3. The Balaban J connectivity index is 0.00000172. The van der Waals surface area contributed by atoms with Gasteiger partial charge < -0.3 is 9.47 Å².